The number of methoxy groups -OCH3 is 1. The molecule has 0 atom stereocenters. The minimum absolute atomic E-state index is 0.0160. The van der Waals surface area contributed by atoms with Crippen molar-refractivity contribution in [3.8, 4) is 5.75 Å². The number of rotatable bonds is 8. The molecule has 9 nitrogen and oxygen atoms in total. The molecule has 0 saturated heterocycles. The zero-order chi connectivity index (χ0) is 20.1. The number of carbonyl (C=O) groups excluding carboxylic acids is 1. The maximum Gasteiger partial charge on any atom is 0.319 e. The average Bonchev–Trinajstić information content (AvgIpc) is 2.52. The molecule has 0 aliphatic rings. The molecule has 0 heterocycles. The Hall–Kier alpha value is -2.33. The first-order chi connectivity index (χ1) is 11.9. The summed E-state index contributed by atoms with van der Waals surface area (Å²) in [6.45, 7) is 3.42. The van der Waals surface area contributed by atoms with Gasteiger partial charge in [0.15, 0.2) is 0 Å². The van der Waals surface area contributed by atoms with Gasteiger partial charge in [-0.1, -0.05) is 0 Å². The predicted octanol–water partition coefficient (Wildman–Crippen LogP) is 1.71. The third kappa shape index (κ3) is 5.88. The Bertz CT molecular complexity index is 774. The highest BCUT2D eigenvalue weighted by Crippen LogP contribution is 2.29. The molecular formula is C16H25N3O6S. The number of sulfonamides is 1. The topological polar surface area (TPSA) is 125 Å². The minimum atomic E-state index is -3.68. The summed E-state index contributed by atoms with van der Waals surface area (Å²) in [5, 5.41) is 14.0. The minimum Gasteiger partial charge on any atom is -0.495 e. The molecule has 0 aromatic heterocycles. The highest BCUT2D eigenvalue weighted by Gasteiger charge is 2.24. The maximum absolute atomic E-state index is 12.3. The Morgan fingerprint density at radius 1 is 1.27 bits per heavy atom. The van der Waals surface area contributed by atoms with Crippen LogP contribution in [-0.4, -0.2) is 56.6 Å². The van der Waals surface area contributed by atoms with Gasteiger partial charge < -0.3 is 20.5 Å². The molecule has 0 aliphatic heterocycles. The summed E-state index contributed by atoms with van der Waals surface area (Å²) in [5.74, 6) is -0.843. The summed E-state index contributed by atoms with van der Waals surface area (Å²) in [4.78, 5) is 22.8. The lowest BCUT2D eigenvalue weighted by molar-refractivity contribution is -0.137. The Morgan fingerprint density at radius 2 is 1.88 bits per heavy atom. The van der Waals surface area contributed by atoms with Crippen LogP contribution in [0, 0.1) is 0 Å². The van der Waals surface area contributed by atoms with Crippen LogP contribution in [0.5, 0.6) is 5.75 Å². The number of ether oxygens (including phenoxy) is 1. The van der Waals surface area contributed by atoms with Gasteiger partial charge in [0.25, 0.3) is 0 Å². The van der Waals surface area contributed by atoms with Crippen molar-refractivity contribution in [3.05, 3.63) is 18.2 Å². The molecule has 146 valence electrons. The van der Waals surface area contributed by atoms with E-state index in [-0.39, 0.29) is 23.5 Å². The van der Waals surface area contributed by atoms with Crippen molar-refractivity contribution < 1.29 is 27.9 Å². The van der Waals surface area contributed by atoms with Gasteiger partial charge in [0.1, 0.15) is 10.6 Å². The van der Waals surface area contributed by atoms with Crippen molar-refractivity contribution in [2.45, 2.75) is 37.1 Å². The number of nitrogens with zero attached hydrogens (tertiary/aromatic N) is 1. The van der Waals surface area contributed by atoms with E-state index in [1.165, 1.54) is 39.4 Å². The monoisotopic (exact) mass is 387 g/mol. The molecule has 1 aromatic carbocycles. The van der Waals surface area contributed by atoms with Crippen molar-refractivity contribution in [2.75, 3.05) is 26.5 Å². The molecule has 0 fully saturated rings. The predicted molar refractivity (Wildman–Crippen MR) is 97.0 cm³/mol. The number of urea groups is 1. The molecule has 0 saturated carbocycles. The number of aliphatic carboxylic acids is 1. The number of hydrogen-bond acceptors (Lipinski definition) is 5. The fourth-order valence-electron chi connectivity index (χ4n) is 2.11. The van der Waals surface area contributed by atoms with Crippen LogP contribution in [0.1, 0.15) is 26.7 Å². The first-order valence-electron chi connectivity index (χ1n) is 7.80. The van der Waals surface area contributed by atoms with E-state index < -0.39 is 27.6 Å². The number of carboxylic acid groups (broad SMARTS) is 1. The number of carboxylic acids is 1. The lowest BCUT2D eigenvalue weighted by Crippen LogP contribution is -2.45. The second-order valence-corrected chi connectivity index (χ2v) is 8.63. The SMILES string of the molecule is COc1cc(NC(=O)NC(C)(C)CCC(=O)O)ccc1S(=O)(=O)N(C)C. The van der Waals surface area contributed by atoms with Gasteiger partial charge in [0.05, 0.1) is 7.11 Å². The van der Waals surface area contributed by atoms with Crippen molar-refractivity contribution in [1.29, 1.82) is 0 Å². The third-order valence-electron chi connectivity index (χ3n) is 3.60. The average molecular weight is 387 g/mol. The molecule has 1 rings (SSSR count). The summed E-state index contributed by atoms with van der Waals surface area (Å²) in [6.07, 6.45) is 0.192. The van der Waals surface area contributed by atoms with Crippen molar-refractivity contribution in [3.63, 3.8) is 0 Å². The Balaban J connectivity index is 2.91. The van der Waals surface area contributed by atoms with Crippen LogP contribution in [0.2, 0.25) is 0 Å². The molecule has 2 amide bonds. The number of nitrogens with one attached hydrogen (secondary N) is 2. The van der Waals surface area contributed by atoms with Gasteiger partial charge in [-0.05, 0) is 32.4 Å². The van der Waals surface area contributed by atoms with E-state index in [4.69, 9.17) is 9.84 Å². The largest absolute Gasteiger partial charge is 0.495 e. The van der Waals surface area contributed by atoms with Gasteiger partial charge in [0.2, 0.25) is 10.0 Å². The molecule has 1 aromatic rings. The van der Waals surface area contributed by atoms with Gasteiger partial charge >= 0.3 is 12.0 Å². The second kappa shape index (κ2) is 8.37. The van der Waals surface area contributed by atoms with Gasteiger partial charge in [-0.15, -0.1) is 0 Å². The Labute approximate surface area is 153 Å². The van der Waals surface area contributed by atoms with Crippen LogP contribution in [-0.2, 0) is 14.8 Å². The van der Waals surface area contributed by atoms with Crippen molar-refractivity contribution in [1.82, 2.24) is 9.62 Å². The Kier molecular flexibility index (Phi) is 6.99. The van der Waals surface area contributed by atoms with Crippen LogP contribution >= 0.6 is 0 Å². The zero-order valence-electron chi connectivity index (χ0n) is 15.5. The van der Waals surface area contributed by atoms with E-state index in [0.29, 0.717) is 5.69 Å². The van der Waals surface area contributed by atoms with E-state index >= 15 is 0 Å². The standard InChI is InChI=1S/C16H25N3O6S/c1-16(2,9-8-14(20)21)18-15(22)17-11-6-7-13(12(10-11)25-5)26(23,24)19(3)4/h6-7,10H,8-9H2,1-5H3,(H,20,21)(H2,17,18,22). The van der Waals surface area contributed by atoms with E-state index in [1.54, 1.807) is 13.8 Å². The molecule has 0 radical (unpaired) electrons. The lowest BCUT2D eigenvalue weighted by atomic mass is 9.99. The second-order valence-electron chi connectivity index (χ2n) is 6.51. The molecule has 0 spiro atoms. The van der Waals surface area contributed by atoms with E-state index in [0.717, 1.165) is 4.31 Å². The highest BCUT2D eigenvalue weighted by molar-refractivity contribution is 7.89. The molecule has 0 unspecified atom stereocenters. The molecule has 3 N–H and O–H groups in total. The quantitative estimate of drug-likeness (QED) is 0.624. The molecule has 10 heteroatoms. The van der Waals surface area contributed by atoms with Crippen LogP contribution in [0.25, 0.3) is 0 Å². The molecular weight excluding hydrogens is 362 g/mol. The number of hydrogen-bond donors (Lipinski definition) is 3. The van der Waals surface area contributed by atoms with Gasteiger partial charge in [0, 0.05) is 37.8 Å². The van der Waals surface area contributed by atoms with Gasteiger partial charge in [-0.2, -0.15) is 0 Å². The van der Waals surface area contributed by atoms with Gasteiger partial charge in [-0.25, -0.2) is 17.5 Å². The van der Waals surface area contributed by atoms with Crippen molar-refractivity contribution in [2.24, 2.45) is 0 Å². The van der Waals surface area contributed by atoms with Crippen LogP contribution in [0.3, 0.4) is 0 Å². The highest BCUT2D eigenvalue weighted by atomic mass is 32.2. The third-order valence-corrected chi connectivity index (χ3v) is 5.45. The van der Waals surface area contributed by atoms with E-state index in [1.807, 2.05) is 0 Å². The number of carbonyl (C=O) groups is 2. The molecule has 0 bridgehead atoms. The summed E-state index contributed by atoms with van der Waals surface area (Å²) in [6, 6.07) is 3.66. The zero-order valence-corrected chi connectivity index (χ0v) is 16.3. The van der Waals surface area contributed by atoms with E-state index in [9.17, 15) is 18.0 Å². The smallest absolute Gasteiger partial charge is 0.319 e. The number of anilines is 1. The summed E-state index contributed by atoms with van der Waals surface area (Å²) < 4.78 is 30.7. The first-order valence-corrected chi connectivity index (χ1v) is 9.24. The van der Waals surface area contributed by atoms with Crippen LogP contribution in [0.4, 0.5) is 10.5 Å². The normalized spacial score (nSPS) is 11.9. The van der Waals surface area contributed by atoms with Crippen LogP contribution < -0.4 is 15.4 Å². The first kappa shape index (κ1) is 21.7. The molecule has 26 heavy (non-hydrogen) atoms. The number of benzene rings is 1. The summed E-state index contributed by atoms with van der Waals surface area (Å²) in [5.41, 5.74) is -0.382. The number of amides is 2. The summed E-state index contributed by atoms with van der Waals surface area (Å²) >= 11 is 0. The summed E-state index contributed by atoms with van der Waals surface area (Å²) in [7, 11) is 0.472. The van der Waals surface area contributed by atoms with E-state index in [2.05, 4.69) is 10.6 Å². The maximum atomic E-state index is 12.3. The van der Waals surface area contributed by atoms with Crippen LogP contribution in [0.15, 0.2) is 23.1 Å². The fraction of sp³-hybridized carbons (Fsp3) is 0.500. The lowest BCUT2D eigenvalue weighted by Gasteiger charge is -2.25. The molecule has 0 aliphatic carbocycles. The fourth-order valence-corrected chi connectivity index (χ4v) is 3.14. The van der Waals surface area contributed by atoms with Crippen molar-refractivity contribution >= 4 is 27.7 Å². The van der Waals surface area contributed by atoms with Gasteiger partial charge in [-0.3, -0.25) is 4.79 Å². The Morgan fingerprint density at radius 3 is 2.38 bits per heavy atom.